The molecule has 98 valence electrons. The summed E-state index contributed by atoms with van der Waals surface area (Å²) in [4.78, 5) is 23.6. The van der Waals surface area contributed by atoms with Crippen LogP contribution in [0.2, 0.25) is 0 Å². The molecule has 4 bridgehead atoms. The monoisotopic (exact) mass is 250 g/mol. The number of rotatable bonds is 2. The lowest BCUT2D eigenvalue weighted by Gasteiger charge is -2.45. The van der Waals surface area contributed by atoms with Gasteiger partial charge in [-0.2, -0.15) is 0 Å². The highest BCUT2D eigenvalue weighted by Gasteiger charge is 2.54. The van der Waals surface area contributed by atoms with E-state index < -0.39 is 5.60 Å². The molecule has 0 aromatic rings. The molecule has 2 aliphatic heterocycles. The normalized spacial score (nSPS) is 41.2. The van der Waals surface area contributed by atoms with E-state index in [2.05, 4.69) is 6.58 Å². The number of hydrogen-bond acceptors (Lipinski definition) is 4. The molecular formula is C14H18O4. The maximum absolute atomic E-state index is 11.8. The van der Waals surface area contributed by atoms with Crippen molar-refractivity contribution in [2.24, 2.45) is 11.8 Å². The van der Waals surface area contributed by atoms with Crippen LogP contribution < -0.4 is 0 Å². The lowest BCUT2D eigenvalue weighted by molar-refractivity contribution is -0.169. The maximum Gasteiger partial charge on any atom is 0.333 e. The highest BCUT2D eigenvalue weighted by atomic mass is 16.6. The third-order valence-corrected chi connectivity index (χ3v) is 4.37. The van der Waals surface area contributed by atoms with Crippen molar-refractivity contribution >= 4 is 11.9 Å². The third-order valence-electron chi connectivity index (χ3n) is 4.37. The predicted octanol–water partition coefficient (Wildman–Crippen LogP) is 1.98. The minimum Gasteiger partial charge on any atom is -0.462 e. The van der Waals surface area contributed by atoms with E-state index in [0.29, 0.717) is 24.3 Å². The van der Waals surface area contributed by atoms with Crippen LogP contribution in [0.25, 0.3) is 0 Å². The molecule has 4 unspecified atom stereocenters. The Bertz CT molecular complexity index is 428. The lowest BCUT2D eigenvalue weighted by atomic mass is 9.65. The molecule has 2 saturated heterocycles. The quantitative estimate of drug-likeness (QED) is 0.555. The standard InChI is InChI=1S/C14H18O4/c1-8(2)12(15)18-14-5-9-3-10(6-14)13(16)17-11(4-9)7-14/h9-11H,1,3-7H2,2H3. The van der Waals surface area contributed by atoms with Crippen molar-refractivity contribution in [1.29, 1.82) is 0 Å². The summed E-state index contributed by atoms with van der Waals surface area (Å²) in [7, 11) is 0. The molecule has 4 atom stereocenters. The summed E-state index contributed by atoms with van der Waals surface area (Å²) in [6, 6.07) is 0. The first-order chi connectivity index (χ1) is 8.47. The van der Waals surface area contributed by atoms with Crippen LogP contribution in [0.15, 0.2) is 12.2 Å². The van der Waals surface area contributed by atoms with Gasteiger partial charge >= 0.3 is 11.9 Å². The second kappa shape index (κ2) is 3.84. The molecule has 4 aliphatic rings. The zero-order valence-corrected chi connectivity index (χ0v) is 10.6. The smallest absolute Gasteiger partial charge is 0.333 e. The van der Waals surface area contributed by atoms with E-state index in [4.69, 9.17) is 9.47 Å². The van der Waals surface area contributed by atoms with Crippen LogP contribution in [0.5, 0.6) is 0 Å². The number of esters is 2. The fraction of sp³-hybridized carbons (Fsp3) is 0.714. The van der Waals surface area contributed by atoms with E-state index in [1.807, 2.05) is 0 Å². The van der Waals surface area contributed by atoms with Gasteiger partial charge in [-0.3, -0.25) is 4.79 Å². The van der Waals surface area contributed by atoms with E-state index in [1.165, 1.54) is 0 Å². The Balaban J connectivity index is 1.86. The van der Waals surface area contributed by atoms with Crippen molar-refractivity contribution < 1.29 is 19.1 Å². The molecule has 4 heteroatoms. The molecule has 4 nitrogen and oxygen atoms in total. The van der Waals surface area contributed by atoms with Gasteiger partial charge in [0.05, 0.1) is 5.92 Å². The largest absolute Gasteiger partial charge is 0.462 e. The summed E-state index contributed by atoms with van der Waals surface area (Å²) < 4.78 is 11.1. The number of fused-ring (bicyclic) bond motifs is 1. The van der Waals surface area contributed by atoms with Crippen molar-refractivity contribution in [2.45, 2.75) is 50.7 Å². The Labute approximate surface area is 106 Å². The Morgan fingerprint density at radius 3 is 2.89 bits per heavy atom. The molecule has 0 radical (unpaired) electrons. The van der Waals surface area contributed by atoms with Gasteiger partial charge in [0.25, 0.3) is 0 Å². The van der Waals surface area contributed by atoms with Gasteiger partial charge < -0.3 is 9.47 Å². The summed E-state index contributed by atoms with van der Waals surface area (Å²) >= 11 is 0. The molecule has 0 N–H and O–H groups in total. The number of carbonyl (C=O) groups is 2. The van der Waals surface area contributed by atoms with Gasteiger partial charge in [0, 0.05) is 18.4 Å². The van der Waals surface area contributed by atoms with E-state index in [1.54, 1.807) is 6.92 Å². The second-order valence-corrected chi connectivity index (χ2v) is 6.06. The minimum atomic E-state index is -0.487. The highest BCUT2D eigenvalue weighted by Crippen LogP contribution is 2.51. The van der Waals surface area contributed by atoms with Crippen molar-refractivity contribution in [1.82, 2.24) is 0 Å². The van der Waals surface area contributed by atoms with Crippen LogP contribution >= 0.6 is 0 Å². The molecule has 0 amide bonds. The second-order valence-electron chi connectivity index (χ2n) is 6.06. The van der Waals surface area contributed by atoms with Gasteiger partial charge in [0.1, 0.15) is 11.7 Å². The number of ether oxygens (including phenoxy) is 2. The Hall–Kier alpha value is -1.32. The van der Waals surface area contributed by atoms with Crippen LogP contribution in [0.1, 0.15) is 39.0 Å². The Morgan fingerprint density at radius 2 is 2.17 bits per heavy atom. The third kappa shape index (κ3) is 1.84. The van der Waals surface area contributed by atoms with Crippen LogP contribution in [0.3, 0.4) is 0 Å². The molecule has 2 aliphatic carbocycles. The van der Waals surface area contributed by atoms with Gasteiger partial charge in [-0.05, 0) is 32.1 Å². The Kier molecular flexibility index (Phi) is 2.50. The fourth-order valence-electron chi connectivity index (χ4n) is 3.78. The SMILES string of the molecule is C=C(C)C(=O)OC12CC3CC(C1)OC(=O)C(C3)C2. The van der Waals surface area contributed by atoms with E-state index in [9.17, 15) is 9.59 Å². The average Bonchev–Trinajstić information content (AvgIpc) is 2.41. The first-order valence-electron chi connectivity index (χ1n) is 6.57. The van der Waals surface area contributed by atoms with Gasteiger partial charge in [-0.15, -0.1) is 0 Å². The van der Waals surface area contributed by atoms with E-state index in [-0.39, 0.29) is 24.0 Å². The van der Waals surface area contributed by atoms with Crippen LogP contribution in [0.4, 0.5) is 0 Å². The van der Waals surface area contributed by atoms with Crippen LogP contribution in [-0.2, 0) is 19.1 Å². The van der Waals surface area contributed by atoms with Gasteiger partial charge in [-0.25, -0.2) is 4.79 Å². The molecular weight excluding hydrogens is 232 g/mol. The number of hydrogen-bond donors (Lipinski definition) is 0. The summed E-state index contributed by atoms with van der Waals surface area (Å²) in [5.74, 6) is -0.0825. The molecule has 0 spiro atoms. The molecule has 0 aromatic heterocycles. The van der Waals surface area contributed by atoms with Crippen LogP contribution in [0, 0.1) is 11.8 Å². The first kappa shape index (κ1) is 11.8. The molecule has 4 fully saturated rings. The fourth-order valence-corrected chi connectivity index (χ4v) is 3.78. The first-order valence-corrected chi connectivity index (χ1v) is 6.57. The summed E-state index contributed by atoms with van der Waals surface area (Å²) in [6.07, 6.45) is 3.90. The summed E-state index contributed by atoms with van der Waals surface area (Å²) in [5.41, 5.74) is -0.0738. The number of carbonyl (C=O) groups excluding carboxylic acids is 2. The molecule has 2 saturated carbocycles. The van der Waals surface area contributed by atoms with E-state index >= 15 is 0 Å². The molecule has 4 rings (SSSR count). The lowest BCUT2D eigenvalue weighted by Crippen LogP contribution is -2.48. The van der Waals surface area contributed by atoms with Gasteiger partial charge in [0.2, 0.25) is 0 Å². The van der Waals surface area contributed by atoms with Gasteiger partial charge in [-0.1, -0.05) is 6.58 Å². The van der Waals surface area contributed by atoms with Crippen molar-refractivity contribution in [3.63, 3.8) is 0 Å². The highest BCUT2D eigenvalue weighted by molar-refractivity contribution is 5.87. The van der Waals surface area contributed by atoms with Crippen molar-refractivity contribution in [3.05, 3.63) is 12.2 Å². The zero-order chi connectivity index (χ0) is 12.9. The predicted molar refractivity (Wildman–Crippen MR) is 63.6 cm³/mol. The van der Waals surface area contributed by atoms with Gasteiger partial charge in [0.15, 0.2) is 0 Å². The minimum absolute atomic E-state index is 0.0679. The van der Waals surface area contributed by atoms with Crippen LogP contribution in [-0.4, -0.2) is 23.6 Å². The van der Waals surface area contributed by atoms with Crippen molar-refractivity contribution in [3.8, 4) is 0 Å². The molecule has 0 aromatic carbocycles. The molecule has 2 heterocycles. The average molecular weight is 250 g/mol. The maximum atomic E-state index is 11.8. The summed E-state index contributed by atoms with van der Waals surface area (Å²) in [6.45, 7) is 5.27. The Morgan fingerprint density at radius 1 is 1.39 bits per heavy atom. The zero-order valence-electron chi connectivity index (χ0n) is 10.6. The topological polar surface area (TPSA) is 52.6 Å². The summed E-state index contributed by atoms with van der Waals surface area (Å²) in [5, 5.41) is 0. The van der Waals surface area contributed by atoms with Crippen molar-refractivity contribution in [2.75, 3.05) is 0 Å². The molecule has 18 heavy (non-hydrogen) atoms. The van der Waals surface area contributed by atoms with E-state index in [0.717, 1.165) is 19.3 Å².